The Bertz CT molecular complexity index is 557. The van der Waals surface area contributed by atoms with Crippen LogP contribution < -0.4 is 10.6 Å². The summed E-state index contributed by atoms with van der Waals surface area (Å²) in [7, 11) is 1.79. The van der Waals surface area contributed by atoms with Crippen molar-refractivity contribution in [3.8, 4) is 0 Å². The summed E-state index contributed by atoms with van der Waals surface area (Å²) in [4.78, 5) is 19.0. The number of rotatable bonds is 4. The van der Waals surface area contributed by atoms with Gasteiger partial charge in [-0.25, -0.2) is 0 Å². The van der Waals surface area contributed by atoms with Crippen LogP contribution in [0, 0.1) is 5.92 Å². The number of likely N-dealkylation sites (tertiary alicyclic amines) is 1. The van der Waals surface area contributed by atoms with Gasteiger partial charge in [0.2, 0.25) is 5.91 Å². The maximum absolute atomic E-state index is 12.6. The number of halogens is 1. The number of carbonyl (C=O) groups excluding carboxylic acids is 1. The molecule has 140 valence electrons. The van der Waals surface area contributed by atoms with E-state index in [9.17, 15) is 4.79 Å². The predicted octanol–water partition coefficient (Wildman–Crippen LogP) is 3.21. The molecule has 0 spiro atoms. The number of aliphatic imine (C=N–C) groups is 1. The van der Waals surface area contributed by atoms with E-state index in [2.05, 4.69) is 37.4 Å². The van der Waals surface area contributed by atoms with Crippen molar-refractivity contribution in [1.82, 2.24) is 15.5 Å². The third-order valence-corrected chi connectivity index (χ3v) is 5.79. The second-order valence-corrected chi connectivity index (χ2v) is 7.59. The summed E-state index contributed by atoms with van der Waals surface area (Å²) in [6.45, 7) is 2.45. The number of amides is 1. The SMILES string of the molecule is CN=C(NCc1ccsc1)NC1CCN(C(=O)C2CCCCC2)C1.I. The number of nitrogens with zero attached hydrogens (tertiary/aromatic N) is 2. The van der Waals surface area contributed by atoms with Gasteiger partial charge >= 0.3 is 0 Å². The Morgan fingerprint density at radius 1 is 1.32 bits per heavy atom. The minimum absolute atomic E-state index is 0. The van der Waals surface area contributed by atoms with Crippen LogP contribution in [-0.4, -0.2) is 42.9 Å². The van der Waals surface area contributed by atoms with E-state index in [1.54, 1.807) is 18.4 Å². The van der Waals surface area contributed by atoms with Crippen LogP contribution >= 0.6 is 35.3 Å². The molecule has 0 bridgehead atoms. The molecular formula is C18H29IN4OS. The van der Waals surface area contributed by atoms with Crippen molar-refractivity contribution < 1.29 is 4.79 Å². The molecule has 1 amide bonds. The highest BCUT2D eigenvalue weighted by Gasteiger charge is 2.31. The third-order valence-electron chi connectivity index (χ3n) is 5.06. The van der Waals surface area contributed by atoms with Crippen molar-refractivity contribution in [3.63, 3.8) is 0 Å². The first-order valence-electron chi connectivity index (χ1n) is 9.03. The summed E-state index contributed by atoms with van der Waals surface area (Å²) in [6.07, 6.45) is 6.88. The molecule has 2 aliphatic rings. The fourth-order valence-electron chi connectivity index (χ4n) is 3.65. The second kappa shape index (κ2) is 10.4. The van der Waals surface area contributed by atoms with Crippen LogP contribution in [-0.2, 0) is 11.3 Å². The van der Waals surface area contributed by atoms with Gasteiger partial charge in [0.25, 0.3) is 0 Å². The summed E-state index contributed by atoms with van der Waals surface area (Å²) in [5.41, 5.74) is 1.27. The van der Waals surface area contributed by atoms with Crippen LogP contribution in [0.2, 0.25) is 0 Å². The van der Waals surface area contributed by atoms with E-state index in [-0.39, 0.29) is 29.9 Å². The number of nitrogens with one attached hydrogen (secondary N) is 2. The highest BCUT2D eigenvalue weighted by atomic mass is 127. The van der Waals surface area contributed by atoms with E-state index in [0.29, 0.717) is 11.9 Å². The molecule has 5 nitrogen and oxygen atoms in total. The molecule has 1 aliphatic carbocycles. The maximum atomic E-state index is 12.6. The molecule has 1 saturated heterocycles. The Hall–Kier alpha value is -0.830. The lowest BCUT2D eigenvalue weighted by Crippen LogP contribution is -2.45. The zero-order valence-corrected chi connectivity index (χ0v) is 18.0. The van der Waals surface area contributed by atoms with Crippen molar-refractivity contribution in [1.29, 1.82) is 0 Å². The van der Waals surface area contributed by atoms with Crippen molar-refractivity contribution >= 4 is 47.2 Å². The van der Waals surface area contributed by atoms with Crippen molar-refractivity contribution in [2.75, 3.05) is 20.1 Å². The van der Waals surface area contributed by atoms with Gasteiger partial charge in [-0.05, 0) is 41.7 Å². The molecule has 2 heterocycles. The number of thiophene rings is 1. The highest BCUT2D eigenvalue weighted by Crippen LogP contribution is 2.26. The summed E-state index contributed by atoms with van der Waals surface area (Å²) < 4.78 is 0. The summed E-state index contributed by atoms with van der Waals surface area (Å²) in [5, 5.41) is 11.0. The van der Waals surface area contributed by atoms with Crippen molar-refractivity contribution in [2.45, 2.75) is 51.1 Å². The number of hydrogen-bond donors (Lipinski definition) is 2. The molecule has 0 aromatic carbocycles. The number of carbonyl (C=O) groups is 1. The van der Waals surface area contributed by atoms with E-state index in [0.717, 1.165) is 44.9 Å². The van der Waals surface area contributed by atoms with Gasteiger partial charge in [-0.15, -0.1) is 24.0 Å². The van der Waals surface area contributed by atoms with Gasteiger partial charge in [0.05, 0.1) is 0 Å². The van der Waals surface area contributed by atoms with Gasteiger partial charge in [-0.1, -0.05) is 19.3 Å². The van der Waals surface area contributed by atoms with Gasteiger partial charge in [0, 0.05) is 38.6 Å². The molecule has 1 saturated carbocycles. The first kappa shape index (κ1) is 20.5. The molecule has 3 rings (SSSR count). The van der Waals surface area contributed by atoms with Crippen LogP contribution in [0.1, 0.15) is 44.1 Å². The molecule has 1 aromatic heterocycles. The van der Waals surface area contributed by atoms with E-state index in [1.165, 1.54) is 24.8 Å². The molecule has 1 aliphatic heterocycles. The Morgan fingerprint density at radius 2 is 2.12 bits per heavy atom. The zero-order chi connectivity index (χ0) is 16.8. The standard InChI is InChI=1S/C18H28N4OS.HI/c1-19-18(20-11-14-8-10-24-13-14)21-16-7-9-22(12-16)17(23)15-5-3-2-4-6-15;/h8,10,13,15-16H,2-7,9,11-12H2,1H3,(H2,19,20,21);1H. The largest absolute Gasteiger partial charge is 0.352 e. The fourth-order valence-corrected chi connectivity index (χ4v) is 4.32. The average Bonchev–Trinajstić information content (AvgIpc) is 3.30. The third kappa shape index (κ3) is 5.84. The average molecular weight is 476 g/mol. The normalized spacial score (nSPS) is 21.7. The van der Waals surface area contributed by atoms with Gasteiger partial charge in [-0.3, -0.25) is 9.79 Å². The minimum atomic E-state index is 0. The van der Waals surface area contributed by atoms with Gasteiger partial charge < -0.3 is 15.5 Å². The molecule has 25 heavy (non-hydrogen) atoms. The predicted molar refractivity (Wildman–Crippen MR) is 115 cm³/mol. The highest BCUT2D eigenvalue weighted by molar-refractivity contribution is 14.0. The minimum Gasteiger partial charge on any atom is -0.352 e. The molecule has 1 unspecified atom stereocenters. The Labute approximate surface area is 171 Å². The van der Waals surface area contributed by atoms with Gasteiger partial charge in [0.1, 0.15) is 0 Å². The van der Waals surface area contributed by atoms with Crippen molar-refractivity contribution in [2.24, 2.45) is 10.9 Å². The Kier molecular flexibility index (Phi) is 8.48. The summed E-state index contributed by atoms with van der Waals surface area (Å²) >= 11 is 1.70. The smallest absolute Gasteiger partial charge is 0.225 e. The lowest BCUT2D eigenvalue weighted by Gasteiger charge is -2.26. The number of hydrogen-bond acceptors (Lipinski definition) is 3. The van der Waals surface area contributed by atoms with Gasteiger partial charge in [-0.2, -0.15) is 11.3 Å². The molecule has 0 radical (unpaired) electrons. The monoisotopic (exact) mass is 476 g/mol. The summed E-state index contributed by atoms with van der Waals surface area (Å²) in [5.74, 6) is 1.46. The lowest BCUT2D eigenvalue weighted by molar-refractivity contribution is -0.135. The molecular weight excluding hydrogens is 447 g/mol. The lowest BCUT2D eigenvalue weighted by atomic mass is 9.88. The van der Waals surface area contributed by atoms with Crippen molar-refractivity contribution in [3.05, 3.63) is 22.4 Å². The molecule has 1 atom stereocenters. The van der Waals surface area contributed by atoms with Crippen LogP contribution in [0.4, 0.5) is 0 Å². The van der Waals surface area contributed by atoms with Crippen LogP contribution in [0.3, 0.4) is 0 Å². The molecule has 7 heteroatoms. The Balaban J connectivity index is 0.00000225. The first-order valence-corrected chi connectivity index (χ1v) is 9.97. The summed E-state index contributed by atoms with van der Waals surface area (Å²) in [6, 6.07) is 2.41. The fraction of sp³-hybridized carbons (Fsp3) is 0.667. The molecule has 2 fully saturated rings. The molecule has 1 aromatic rings. The van der Waals surface area contributed by atoms with E-state index < -0.39 is 0 Å². The van der Waals surface area contributed by atoms with Crippen LogP contribution in [0.15, 0.2) is 21.8 Å². The molecule has 2 N–H and O–H groups in total. The van der Waals surface area contributed by atoms with E-state index in [1.807, 2.05) is 0 Å². The van der Waals surface area contributed by atoms with E-state index >= 15 is 0 Å². The van der Waals surface area contributed by atoms with Gasteiger partial charge in [0.15, 0.2) is 5.96 Å². The topological polar surface area (TPSA) is 56.7 Å². The second-order valence-electron chi connectivity index (χ2n) is 6.81. The quantitative estimate of drug-likeness (QED) is 0.399. The Morgan fingerprint density at radius 3 is 2.80 bits per heavy atom. The zero-order valence-electron chi connectivity index (χ0n) is 14.9. The van der Waals surface area contributed by atoms with Crippen LogP contribution in [0.5, 0.6) is 0 Å². The number of guanidine groups is 1. The van der Waals surface area contributed by atoms with E-state index in [4.69, 9.17) is 0 Å². The first-order chi connectivity index (χ1) is 11.8. The maximum Gasteiger partial charge on any atom is 0.225 e. The van der Waals surface area contributed by atoms with Crippen LogP contribution in [0.25, 0.3) is 0 Å².